The van der Waals surface area contributed by atoms with Crippen LogP contribution in [0.3, 0.4) is 0 Å². The van der Waals surface area contributed by atoms with Crippen LogP contribution in [-0.2, 0) is 6.42 Å². The highest BCUT2D eigenvalue weighted by atomic mass is 14.5. The number of hydrogen-bond acceptors (Lipinski definition) is 1. The van der Waals surface area contributed by atoms with Crippen molar-refractivity contribution in [2.24, 2.45) is 11.7 Å². The Morgan fingerprint density at radius 3 is 2.07 bits per heavy atom. The van der Waals surface area contributed by atoms with Crippen molar-refractivity contribution < 1.29 is 0 Å². The van der Waals surface area contributed by atoms with Crippen LogP contribution in [0.25, 0.3) is 0 Å². The quantitative estimate of drug-likeness (QED) is 0.778. The first-order valence-electron chi connectivity index (χ1n) is 5.42. The van der Waals surface area contributed by atoms with Crippen LogP contribution in [-0.4, -0.2) is 6.54 Å². The minimum atomic E-state index is 0.583. The van der Waals surface area contributed by atoms with Crippen LogP contribution in [0.5, 0.6) is 0 Å². The molecule has 1 aromatic rings. The van der Waals surface area contributed by atoms with Crippen molar-refractivity contribution in [1.29, 1.82) is 0 Å². The Labute approximate surface area is 87.3 Å². The molecule has 0 saturated carbocycles. The van der Waals surface area contributed by atoms with Gasteiger partial charge in [-0.3, -0.25) is 0 Å². The maximum atomic E-state index is 5.60. The zero-order valence-corrected chi connectivity index (χ0v) is 9.46. The van der Waals surface area contributed by atoms with E-state index in [-0.39, 0.29) is 0 Å². The molecule has 1 unspecified atom stereocenters. The topological polar surface area (TPSA) is 26.0 Å². The van der Waals surface area contributed by atoms with E-state index in [2.05, 4.69) is 45.0 Å². The Kier molecular flexibility index (Phi) is 4.15. The molecule has 0 aliphatic carbocycles. The summed E-state index contributed by atoms with van der Waals surface area (Å²) in [7, 11) is 0. The molecule has 0 aromatic heterocycles. The molecular formula is C13H21N. The third kappa shape index (κ3) is 3.15. The molecule has 2 N–H and O–H groups in total. The third-order valence-electron chi connectivity index (χ3n) is 2.63. The van der Waals surface area contributed by atoms with Crippen LogP contribution in [0.2, 0.25) is 0 Å². The molecule has 0 amide bonds. The Morgan fingerprint density at radius 2 is 1.64 bits per heavy atom. The molecule has 0 radical (unpaired) electrons. The van der Waals surface area contributed by atoms with Crippen molar-refractivity contribution in [1.82, 2.24) is 0 Å². The summed E-state index contributed by atoms with van der Waals surface area (Å²) >= 11 is 0. The van der Waals surface area contributed by atoms with Gasteiger partial charge in [0.05, 0.1) is 0 Å². The van der Waals surface area contributed by atoms with Gasteiger partial charge in [0.1, 0.15) is 0 Å². The molecule has 0 spiro atoms. The molecule has 0 aliphatic rings. The van der Waals surface area contributed by atoms with E-state index in [1.165, 1.54) is 11.1 Å². The fourth-order valence-electron chi connectivity index (χ4n) is 1.52. The molecule has 0 heterocycles. The molecule has 1 heteroatoms. The normalized spacial score (nSPS) is 13.2. The summed E-state index contributed by atoms with van der Waals surface area (Å²) < 4.78 is 0. The fraction of sp³-hybridized carbons (Fsp3) is 0.538. The standard InChI is InChI=1S/C13H21N/c1-10(2)13-6-4-12(5-7-13)8-11(3)9-14/h4-7,10-11H,8-9,14H2,1-3H3. The van der Waals surface area contributed by atoms with Crippen molar-refractivity contribution in [3.63, 3.8) is 0 Å². The smallest absolute Gasteiger partial charge is 0.00483 e. The lowest BCUT2D eigenvalue weighted by molar-refractivity contribution is 0.593. The van der Waals surface area contributed by atoms with E-state index in [9.17, 15) is 0 Å². The molecule has 78 valence electrons. The summed E-state index contributed by atoms with van der Waals surface area (Å²) in [6.45, 7) is 7.40. The van der Waals surface area contributed by atoms with Gasteiger partial charge >= 0.3 is 0 Å². The van der Waals surface area contributed by atoms with Crippen LogP contribution >= 0.6 is 0 Å². The first kappa shape index (κ1) is 11.3. The van der Waals surface area contributed by atoms with Gasteiger partial charge in [-0.25, -0.2) is 0 Å². The zero-order chi connectivity index (χ0) is 10.6. The summed E-state index contributed by atoms with van der Waals surface area (Å²) in [6, 6.07) is 8.90. The predicted molar refractivity (Wildman–Crippen MR) is 62.5 cm³/mol. The molecule has 0 fully saturated rings. The first-order chi connectivity index (χ1) is 6.63. The summed E-state index contributed by atoms with van der Waals surface area (Å²) in [5.74, 6) is 1.20. The number of benzene rings is 1. The summed E-state index contributed by atoms with van der Waals surface area (Å²) in [5, 5.41) is 0. The minimum absolute atomic E-state index is 0.583. The van der Waals surface area contributed by atoms with Gasteiger partial charge in [-0.1, -0.05) is 45.0 Å². The second kappa shape index (κ2) is 5.16. The first-order valence-corrected chi connectivity index (χ1v) is 5.42. The van der Waals surface area contributed by atoms with Gasteiger partial charge in [0.15, 0.2) is 0 Å². The number of nitrogens with two attached hydrogens (primary N) is 1. The summed E-state index contributed by atoms with van der Waals surface area (Å²) in [6.07, 6.45) is 1.09. The van der Waals surface area contributed by atoms with E-state index >= 15 is 0 Å². The molecule has 0 aliphatic heterocycles. The van der Waals surface area contributed by atoms with Gasteiger partial charge in [0.2, 0.25) is 0 Å². The van der Waals surface area contributed by atoms with Crippen molar-refractivity contribution in [3.05, 3.63) is 35.4 Å². The Hall–Kier alpha value is -0.820. The maximum Gasteiger partial charge on any atom is -0.00483 e. The molecule has 1 rings (SSSR count). The molecule has 1 nitrogen and oxygen atoms in total. The van der Waals surface area contributed by atoms with Crippen molar-refractivity contribution in [2.75, 3.05) is 6.54 Å². The number of rotatable bonds is 4. The third-order valence-corrected chi connectivity index (χ3v) is 2.63. The van der Waals surface area contributed by atoms with E-state index < -0.39 is 0 Å². The average molecular weight is 191 g/mol. The van der Waals surface area contributed by atoms with Gasteiger partial charge in [0.25, 0.3) is 0 Å². The lowest BCUT2D eigenvalue weighted by Crippen LogP contribution is -2.13. The second-order valence-electron chi connectivity index (χ2n) is 4.44. The van der Waals surface area contributed by atoms with E-state index in [0.29, 0.717) is 11.8 Å². The van der Waals surface area contributed by atoms with Crippen LogP contribution < -0.4 is 5.73 Å². The lowest BCUT2D eigenvalue weighted by Gasteiger charge is -2.10. The Bertz CT molecular complexity index is 261. The van der Waals surface area contributed by atoms with Crippen molar-refractivity contribution in [2.45, 2.75) is 33.1 Å². The highest BCUT2D eigenvalue weighted by Crippen LogP contribution is 2.16. The van der Waals surface area contributed by atoms with E-state index in [4.69, 9.17) is 5.73 Å². The van der Waals surface area contributed by atoms with Crippen LogP contribution in [0.1, 0.15) is 37.8 Å². The molecule has 0 saturated heterocycles. The predicted octanol–water partition coefficient (Wildman–Crippen LogP) is 2.95. The van der Waals surface area contributed by atoms with Gasteiger partial charge in [-0.05, 0) is 35.9 Å². The molecule has 1 atom stereocenters. The minimum Gasteiger partial charge on any atom is -0.330 e. The van der Waals surface area contributed by atoms with Gasteiger partial charge in [-0.2, -0.15) is 0 Å². The van der Waals surface area contributed by atoms with Gasteiger partial charge in [-0.15, -0.1) is 0 Å². The van der Waals surface area contributed by atoms with Gasteiger partial charge in [0, 0.05) is 0 Å². The largest absolute Gasteiger partial charge is 0.330 e. The van der Waals surface area contributed by atoms with Gasteiger partial charge < -0.3 is 5.73 Å². The number of hydrogen-bond donors (Lipinski definition) is 1. The highest BCUT2D eigenvalue weighted by molar-refractivity contribution is 5.24. The second-order valence-corrected chi connectivity index (χ2v) is 4.44. The molecule has 0 bridgehead atoms. The Morgan fingerprint density at radius 1 is 1.07 bits per heavy atom. The Balaban J connectivity index is 2.64. The van der Waals surface area contributed by atoms with E-state index in [1.807, 2.05) is 0 Å². The zero-order valence-electron chi connectivity index (χ0n) is 9.46. The highest BCUT2D eigenvalue weighted by Gasteiger charge is 2.02. The average Bonchev–Trinajstić information content (AvgIpc) is 2.18. The van der Waals surface area contributed by atoms with E-state index in [0.717, 1.165) is 13.0 Å². The van der Waals surface area contributed by atoms with Crippen molar-refractivity contribution >= 4 is 0 Å². The van der Waals surface area contributed by atoms with Crippen LogP contribution in [0, 0.1) is 5.92 Å². The molecular weight excluding hydrogens is 170 g/mol. The van der Waals surface area contributed by atoms with Crippen LogP contribution in [0.4, 0.5) is 0 Å². The maximum absolute atomic E-state index is 5.60. The molecule has 1 aromatic carbocycles. The lowest BCUT2D eigenvalue weighted by atomic mass is 9.97. The van der Waals surface area contributed by atoms with E-state index in [1.54, 1.807) is 0 Å². The van der Waals surface area contributed by atoms with Crippen molar-refractivity contribution in [3.8, 4) is 0 Å². The summed E-state index contributed by atoms with van der Waals surface area (Å²) in [4.78, 5) is 0. The van der Waals surface area contributed by atoms with Crippen LogP contribution in [0.15, 0.2) is 24.3 Å². The monoisotopic (exact) mass is 191 g/mol. The summed E-state index contributed by atoms with van der Waals surface area (Å²) in [5.41, 5.74) is 8.40. The SMILES string of the molecule is CC(CN)Cc1ccc(C(C)C)cc1. The fourth-order valence-corrected chi connectivity index (χ4v) is 1.52. The molecule has 14 heavy (non-hydrogen) atoms.